The number of carboxylic acids is 1. The van der Waals surface area contributed by atoms with Crippen LogP contribution in [0.15, 0.2) is 4.79 Å². The number of carbonyl (C=O) groups is 1. The standard InChI is InChI=1S/C11H13NO4/c1-5-3-4-6-7(5)9(13)8(11(15)16)10(14)12(6)2/h5,13H,3-4H2,1-2H3,(H,15,16). The Bertz CT molecular complexity index is 530. The molecule has 0 radical (unpaired) electrons. The highest BCUT2D eigenvalue weighted by Crippen LogP contribution is 2.38. The lowest BCUT2D eigenvalue weighted by atomic mass is 10.0. The van der Waals surface area contributed by atoms with Gasteiger partial charge in [0.2, 0.25) is 0 Å². The zero-order valence-corrected chi connectivity index (χ0v) is 9.15. The largest absolute Gasteiger partial charge is 0.506 e. The first-order valence-electron chi connectivity index (χ1n) is 5.13. The van der Waals surface area contributed by atoms with E-state index in [1.54, 1.807) is 7.05 Å². The Morgan fingerprint density at radius 1 is 1.50 bits per heavy atom. The number of nitrogens with zero attached hydrogens (tertiary/aromatic N) is 1. The summed E-state index contributed by atoms with van der Waals surface area (Å²) in [5.41, 5.74) is 0.201. The van der Waals surface area contributed by atoms with Gasteiger partial charge in [-0.15, -0.1) is 0 Å². The van der Waals surface area contributed by atoms with Gasteiger partial charge in [-0.05, 0) is 18.8 Å². The molecule has 0 fully saturated rings. The van der Waals surface area contributed by atoms with Gasteiger partial charge < -0.3 is 14.8 Å². The first-order valence-corrected chi connectivity index (χ1v) is 5.13. The molecule has 1 aromatic rings. The van der Waals surface area contributed by atoms with Gasteiger partial charge in [-0.3, -0.25) is 4.79 Å². The number of aromatic hydroxyl groups is 1. The number of fused-ring (bicyclic) bond motifs is 1. The molecular weight excluding hydrogens is 210 g/mol. The molecule has 1 unspecified atom stereocenters. The Balaban J connectivity index is 2.87. The third-order valence-electron chi connectivity index (χ3n) is 3.25. The summed E-state index contributed by atoms with van der Waals surface area (Å²) in [6, 6.07) is 0. The zero-order valence-electron chi connectivity index (χ0n) is 9.15. The van der Waals surface area contributed by atoms with Crippen molar-refractivity contribution >= 4 is 5.97 Å². The second kappa shape index (κ2) is 3.37. The minimum Gasteiger partial charge on any atom is -0.506 e. The van der Waals surface area contributed by atoms with E-state index in [0.29, 0.717) is 12.0 Å². The number of rotatable bonds is 1. The van der Waals surface area contributed by atoms with Crippen molar-refractivity contribution in [3.05, 3.63) is 27.2 Å². The zero-order chi connectivity index (χ0) is 12.0. The summed E-state index contributed by atoms with van der Waals surface area (Å²) < 4.78 is 1.34. The minimum atomic E-state index is -1.37. The fourth-order valence-electron chi connectivity index (χ4n) is 2.35. The number of aromatic nitrogens is 1. The second-order valence-corrected chi connectivity index (χ2v) is 4.19. The molecule has 0 aromatic carbocycles. The van der Waals surface area contributed by atoms with Gasteiger partial charge in [-0.1, -0.05) is 6.92 Å². The molecule has 16 heavy (non-hydrogen) atoms. The smallest absolute Gasteiger partial charge is 0.345 e. The summed E-state index contributed by atoms with van der Waals surface area (Å²) in [6.07, 6.45) is 1.54. The Hall–Kier alpha value is -1.78. The fraction of sp³-hybridized carbons (Fsp3) is 0.455. The van der Waals surface area contributed by atoms with Crippen LogP contribution in [0.2, 0.25) is 0 Å². The molecule has 0 spiro atoms. The van der Waals surface area contributed by atoms with Crippen LogP contribution >= 0.6 is 0 Å². The Kier molecular flexibility index (Phi) is 2.26. The van der Waals surface area contributed by atoms with Crippen LogP contribution in [0.1, 0.15) is 40.9 Å². The van der Waals surface area contributed by atoms with E-state index in [4.69, 9.17) is 5.11 Å². The molecule has 86 valence electrons. The molecule has 5 heteroatoms. The van der Waals surface area contributed by atoms with Crippen molar-refractivity contribution in [2.75, 3.05) is 0 Å². The molecule has 0 amide bonds. The Morgan fingerprint density at radius 3 is 2.69 bits per heavy atom. The summed E-state index contributed by atoms with van der Waals surface area (Å²) in [4.78, 5) is 22.6. The van der Waals surface area contributed by atoms with E-state index < -0.39 is 17.1 Å². The molecular formula is C11H13NO4. The van der Waals surface area contributed by atoms with Crippen molar-refractivity contribution in [3.63, 3.8) is 0 Å². The van der Waals surface area contributed by atoms with E-state index in [2.05, 4.69) is 0 Å². The van der Waals surface area contributed by atoms with Gasteiger partial charge in [-0.25, -0.2) is 4.79 Å². The van der Waals surface area contributed by atoms with E-state index in [-0.39, 0.29) is 11.7 Å². The molecule has 0 bridgehead atoms. The molecule has 2 rings (SSSR count). The van der Waals surface area contributed by atoms with Crippen LogP contribution < -0.4 is 5.56 Å². The molecule has 0 aliphatic heterocycles. The van der Waals surface area contributed by atoms with Crippen molar-refractivity contribution < 1.29 is 15.0 Å². The first kappa shape index (κ1) is 10.7. The monoisotopic (exact) mass is 223 g/mol. The van der Waals surface area contributed by atoms with Crippen molar-refractivity contribution in [1.82, 2.24) is 4.57 Å². The predicted molar refractivity (Wildman–Crippen MR) is 57.0 cm³/mol. The summed E-state index contributed by atoms with van der Waals surface area (Å²) >= 11 is 0. The Morgan fingerprint density at radius 2 is 2.12 bits per heavy atom. The second-order valence-electron chi connectivity index (χ2n) is 4.19. The molecule has 1 aliphatic carbocycles. The topological polar surface area (TPSA) is 79.5 Å². The molecule has 1 heterocycles. The minimum absolute atomic E-state index is 0.0971. The van der Waals surface area contributed by atoms with Crippen molar-refractivity contribution in [2.45, 2.75) is 25.7 Å². The van der Waals surface area contributed by atoms with E-state index in [1.807, 2.05) is 6.92 Å². The van der Waals surface area contributed by atoms with E-state index in [0.717, 1.165) is 12.1 Å². The van der Waals surface area contributed by atoms with E-state index >= 15 is 0 Å². The normalized spacial score (nSPS) is 18.5. The highest BCUT2D eigenvalue weighted by atomic mass is 16.4. The van der Waals surface area contributed by atoms with Crippen molar-refractivity contribution in [2.24, 2.45) is 7.05 Å². The van der Waals surface area contributed by atoms with Gasteiger partial charge in [0.1, 0.15) is 5.75 Å². The molecule has 1 aromatic heterocycles. The van der Waals surface area contributed by atoms with E-state index in [1.165, 1.54) is 4.57 Å². The van der Waals surface area contributed by atoms with Gasteiger partial charge in [0.05, 0.1) is 0 Å². The quantitative estimate of drug-likeness (QED) is 0.739. The van der Waals surface area contributed by atoms with Crippen LogP contribution in [0, 0.1) is 0 Å². The van der Waals surface area contributed by atoms with Crippen LogP contribution in [0.25, 0.3) is 0 Å². The van der Waals surface area contributed by atoms with Gasteiger partial charge in [-0.2, -0.15) is 0 Å². The third-order valence-corrected chi connectivity index (χ3v) is 3.25. The van der Waals surface area contributed by atoms with Gasteiger partial charge in [0, 0.05) is 18.3 Å². The average Bonchev–Trinajstić information content (AvgIpc) is 2.57. The van der Waals surface area contributed by atoms with Crippen LogP contribution in [-0.2, 0) is 13.5 Å². The fourth-order valence-corrected chi connectivity index (χ4v) is 2.35. The third kappa shape index (κ3) is 1.24. The summed E-state index contributed by atoms with van der Waals surface area (Å²) in [5, 5.41) is 18.8. The van der Waals surface area contributed by atoms with Gasteiger partial charge in [0.15, 0.2) is 5.56 Å². The summed E-state index contributed by atoms with van der Waals surface area (Å²) in [7, 11) is 1.55. The SMILES string of the molecule is CC1CCc2c1c(O)c(C(=O)O)c(=O)n2C. The summed E-state index contributed by atoms with van der Waals surface area (Å²) in [6.45, 7) is 1.92. The maximum absolute atomic E-state index is 11.7. The first-order chi connectivity index (χ1) is 7.45. The summed E-state index contributed by atoms with van der Waals surface area (Å²) in [5.74, 6) is -1.63. The van der Waals surface area contributed by atoms with Crippen LogP contribution in [0.4, 0.5) is 0 Å². The lowest BCUT2D eigenvalue weighted by Gasteiger charge is -2.13. The van der Waals surface area contributed by atoms with Crippen LogP contribution in [-0.4, -0.2) is 20.7 Å². The van der Waals surface area contributed by atoms with Gasteiger partial charge >= 0.3 is 5.97 Å². The highest BCUT2D eigenvalue weighted by molar-refractivity contribution is 5.91. The van der Waals surface area contributed by atoms with Crippen LogP contribution in [0.3, 0.4) is 0 Å². The average molecular weight is 223 g/mol. The predicted octanol–water partition coefficient (Wildman–Crippen LogP) is 0.839. The number of hydrogen-bond acceptors (Lipinski definition) is 3. The highest BCUT2D eigenvalue weighted by Gasteiger charge is 2.30. The van der Waals surface area contributed by atoms with Crippen LogP contribution in [0.5, 0.6) is 5.75 Å². The molecule has 5 nitrogen and oxygen atoms in total. The maximum atomic E-state index is 11.7. The molecule has 0 saturated heterocycles. The van der Waals surface area contributed by atoms with Crippen molar-refractivity contribution in [3.8, 4) is 5.75 Å². The van der Waals surface area contributed by atoms with Crippen molar-refractivity contribution in [1.29, 1.82) is 0 Å². The Labute approximate surface area is 92.0 Å². The molecule has 0 saturated carbocycles. The maximum Gasteiger partial charge on any atom is 0.345 e. The number of pyridine rings is 1. The lowest BCUT2D eigenvalue weighted by Crippen LogP contribution is -2.27. The van der Waals surface area contributed by atoms with E-state index in [9.17, 15) is 14.7 Å². The number of carboxylic acid groups (broad SMARTS) is 1. The number of hydrogen-bond donors (Lipinski definition) is 2. The molecule has 1 atom stereocenters. The molecule has 2 N–H and O–H groups in total. The number of aromatic carboxylic acids is 1. The van der Waals surface area contributed by atoms with Gasteiger partial charge in [0.25, 0.3) is 5.56 Å². The molecule has 1 aliphatic rings. The lowest BCUT2D eigenvalue weighted by molar-refractivity contribution is 0.0690.